The van der Waals surface area contributed by atoms with Crippen molar-refractivity contribution in [2.45, 2.75) is 38.0 Å². The van der Waals surface area contributed by atoms with Gasteiger partial charge in [0.1, 0.15) is 5.82 Å². The average Bonchev–Trinajstić information content (AvgIpc) is 2.75. The van der Waals surface area contributed by atoms with Crippen molar-refractivity contribution in [3.63, 3.8) is 0 Å². The number of carboxylic acids is 1. The molecular formula is C15H18N2O2S. The van der Waals surface area contributed by atoms with E-state index in [1.165, 1.54) is 25.0 Å². The van der Waals surface area contributed by atoms with Crippen LogP contribution in [0.15, 0.2) is 18.2 Å². The molecule has 1 unspecified atom stereocenters. The molecule has 0 aliphatic carbocycles. The molecular weight excluding hydrogens is 272 g/mol. The molecule has 106 valence electrons. The number of aromatic nitrogens is 2. The van der Waals surface area contributed by atoms with E-state index in [0.29, 0.717) is 10.8 Å². The first-order valence-electron chi connectivity index (χ1n) is 6.97. The highest BCUT2D eigenvalue weighted by atomic mass is 32.2. The van der Waals surface area contributed by atoms with Crippen molar-refractivity contribution >= 4 is 28.8 Å². The number of benzene rings is 1. The summed E-state index contributed by atoms with van der Waals surface area (Å²) in [7, 11) is 0. The second kappa shape index (κ2) is 5.48. The fraction of sp³-hybridized carbons (Fsp3) is 0.467. The van der Waals surface area contributed by atoms with E-state index in [2.05, 4.69) is 9.55 Å². The van der Waals surface area contributed by atoms with E-state index < -0.39 is 5.97 Å². The lowest BCUT2D eigenvalue weighted by atomic mass is 10.1. The topological polar surface area (TPSA) is 55.1 Å². The van der Waals surface area contributed by atoms with Gasteiger partial charge in [0.25, 0.3) is 0 Å². The number of aromatic carboxylic acids is 1. The Labute approximate surface area is 122 Å². The van der Waals surface area contributed by atoms with E-state index in [9.17, 15) is 4.79 Å². The Kier molecular flexibility index (Phi) is 3.70. The van der Waals surface area contributed by atoms with Gasteiger partial charge in [-0.25, -0.2) is 9.78 Å². The molecule has 0 radical (unpaired) electrons. The number of thioether (sulfide) groups is 1. The lowest BCUT2D eigenvalue weighted by Gasteiger charge is -2.22. The Bertz CT molecular complexity index is 645. The summed E-state index contributed by atoms with van der Waals surface area (Å²) in [6.45, 7) is 2.97. The van der Waals surface area contributed by atoms with Gasteiger partial charge in [-0.1, -0.05) is 6.42 Å². The van der Waals surface area contributed by atoms with Crippen molar-refractivity contribution in [3.8, 4) is 0 Å². The molecule has 3 rings (SSSR count). The zero-order chi connectivity index (χ0) is 14.1. The molecule has 0 amide bonds. The molecule has 1 aromatic heterocycles. The number of fused-ring (bicyclic) bond motifs is 1. The molecule has 0 saturated carbocycles. The highest BCUT2D eigenvalue weighted by Crippen LogP contribution is 2.28. The number of aryl methyl sites for hydroxylation is 1. The van der Waals surface area contributed by atoms with Gasteiger partial charge < -0.3 is 9.67 Å². The minimum Gasteiger partial charge on any atom is -0.478 e. The predicted molar refractivity (Wildman–Crippen MR) is 81.5 cm³/mol. The van der Waals surface area contributed by atoms with Crippen LogP contribution in [0.4, 0.5) is 0 Å². The maximum absolute atomic E-state index is 11.0. The van der Waals surface area contributed by atoms with E-state index in [1.54, 1.807) is 12.1 Å². The fourth-order valence-corrected chi connectivity index (χ4v) is 4.06. The van der Waals surface area contributed by atoms with Gasteiger partial charge in [0.2, 0.25) is 0 Å². The predicted octanol–water partition coefficient (Wildman–Crippen LogP) is 3.33. The van der Waals surface area contributed by atoms with Gasteiger partial charge in [0, 0.05) is 11.8 Å². The second-order valence-electron chi connectivity index (χ2n) is 5.27. The zero-order valence-electron chi connectivity index (χ0n) is 11.5. The molecule has 1 aliphatic rings. The number of imidazole rings is 1. The molecule has 2 heterocycles. The summed E-state index contributed by atoms with van der Waals surface area (Å²) in [5, 5.41) is 9.70. The number of carboxylic acid groups (broad SMARTS) is 1. The Morgan fingerprint density at radius 2 is 2.35 bits per heavy atom. The van der Waals surface area contributed by atoms with Gasteiger partial charge in [-0.3, -0.25) is 0 Å². The maximum atomic E-state index is 11.0. The summed E-state index contributed by atoms with van der Waals surface area (Å²) in [5.74, 6) is 1.31. The largest absolute Gasteiger partial charge is 0.478 e. The Morgan fingerprint density at radius 3 is 3.05 bits per heavy atom. The van der Waals surface area contributed by atoms with Crippen molar-refractivity contribution in [1.29, 1.82) is 0 Å². The fourth-order valence-electron chi connectivity index (χ4n) is 2.77. The van der Waals surface area contributed by atoms with E-state index in [1.807, 2.05) is 24.8 Å². The SMILES string of the molecule is Cc1nc2cc(C(=O)O)ccc2n1CC1CCCCS1. The number of rotatable bonds is 3. The lowest BCUT2D eigenvalue weighted by Crippen LogP contribution is -2.17. The number of carbonyl (C=O) groups is 1. The molecule has 1 saturated heterocycles. The lowest BCUT2D eigenvalue weighted by molar-refractivity contribution is 0.0697. The molecule has 1 atom stereocenters. The standard InChI is InChI=1S/C15H18N2O2S/c1-10-16-13-8-11(15(18)19)5-6-14(13)17(10)9-12-4-2-3-7-20-12/h5-6,8,12H,2-4,7,9H2,1H3,(H,18,19). The van der Waals surface area contributed by atoms with E-state index in [4.69, 9.17) is 5.11 Å². The first kappa shape index (κ1) is 13.5. The Morgan fingerprint density at radius 1 is 1.50 bits per heavy atom. The molecule has 0 bridgehead atoms. The highest BCUT2D eigenvalue weighted by Gasteiger charge is 2.17. The quantitative estimate of drug-likeness (QED) is 0.942. The second-order valence-corrected chi connectivity index (χ2v) is 6.68. The molecule has 20 heavy (non-hydrogen) atoms. The van der Waals surface area contributed by atoms with Gasteiger partial charge >= 0.3 is 5.97 Å². The highest BCUT2D eigenvalue weighted by molar-refractivity contribution is 7.99. The number of hydrogen-bond donors (Lipinski definition) is 1. The average molecular weight is 290 g/mol. The van der Waals surface area contributed by atoms with Crippen molar-refractivity contribution in [3.05, 3.63) is 29.6 Å². The summed E-state index contributed by atoms with van der Waals surface area (Å²) in [5.41, 5.74) is 2.12. The molecule has 2 aromatic rings. The molecule has 1 aromatic carbocycles. The van der Waals surface area contributed by atoms with Crippen molar-refractivity contribution in [1.82, 2.24) is 9.55 Å². The van der Waals surface area contributed by atoms with Crippen LogP contribution >= 0.6 is 11.8 Å². The maximum Gasteiger partial charge on any atom is 0.335 e. The Hall–Kier alpha value is -1.49. The van der Waals surface area contributed by atoms with Crippen LogP contribution in [-0.4, -0.2) is 31.6 Å². The minimum absolute atomic E-state index is 0.300. The molecule has 1 fully saturated rings. The van der Waals surface area contributed by atoms with Gasteiger partial charge in [-0.05, 0) is 43.7 Å². The molecule has 1 N–H and O–H groups in total. The smallest absolute Gasteiger partial charge is 0.335 e. The Balaban J connectivity index is 1.93. The number of nitrogens with zero attached hydrogens (tertiary/aromatic N) is 2. The minimum atomic E-state index is -0.901. The zero-order valence-corrected chi connectivity index (χ0v) is 12.3. The molecule has 0 spiro atoms. The summed E-state index contributed by atoms with van der Waals surface area (Å²) in [6.07, 6.45) is 3.90. The molecule has 5 heteroatoms. The molecule has 4 nitrogen and oxygen atoms in total. The third-order valence-electron chi connectivity index (χ3n) is 3.85. The monoisotopic (exact) mass is 290 g/mol. The van der Waals surface area contributed by atoms with E-state index in [-0.39, 0.29) is 0 Å². The van der Waals surface area contributed by atoms with Crippen LogP contribution < -0.4 is 0 Å². The summed E-state index contributed by atoms with van der Waals surface area (Å²) in [6, 6.07) is 5.21. The van der Waals surface area contributed by atoms with Crippen LogP contribution in [0, 0.1) is 6.92 Å². The van der Waals surface area contributed by atoms with Crippen LogP contribution in [0.25, 0.3) is 11.0 Å². The third-order valence-corrected chi connectivity index (χ3v) is 5.23. The van der Waals surface area contributed by atoms with Crippen LogP contribution in [-0.2, 0) is 6.54 Å². The summed E-state index contributed by atoms with van der Waals surface area (Å²) < 4.78 is 2.23. The van der Waals surface area contributed by atoms with Crippen molar-refractivity contribution in [2.24, 2.45) is 0 Å². The van der Waals surface area contributed by atoms with Gasteiger partial charge in [-0.2, -0.15) is 11.8 Å². The first-order valence-corrected chi connectivity index (χ1v) is 8.02. The van der Waals surface area contributed by atoms with E-state index >= 15 is 0 Å². The van der Waals surface area contributed by atoms with E-state index in [0.717, 1.165) is 23.4 Å². The number of hydrogen-bond acceptors (Lipinski definition) is 3. The van der Waals surface area contributed by atoms with Gasteiger partial charge in [0.05, 0.1) is 16.6 Å². The van der Waals surface area contributed by atoms with Crippen LogP contribution in [0.2, 0.25) is 0 Å². The van der Waals surface area contributed by atoms with Crippen molar-refractivity contribution < 1.29 is 9.90 Å². The third kappa shape index (κ3) is 2.54. The van der Waals surface area contributed by atoms with Crippen LogP contribution in [0.1, 0.15) is 35.4 Å². The van der Waals surface area contributed by atoms with Gasteiger partial charge in [-0.15, -0.1) is 0 Å². The van der Waals surface area contributed by atoms with Crippen molar-refractivity contribution in [2.75, 3.05) is 5.75 Å². The summed E-state index contributed by atoms with van der Waals surface area (Å²) >= 11 is 2.04. The molecule has 1 aliphatic heterocycles. The van der Waals surface area contributed by atoms with Crippen LogP contribution in [0.3, 0.4) is 0 Å². The summed E-state index contributed by atoms with van der Waals surface area (Å²) in [4.78, 5) is 15.5. The van der Waals surface area contributed by atoms with Crippen LogP contribution in [0.5, 0.6) is 0 Å². The normalized spacial score (nSPS) is 19.4. The van der Waals surface area contributed by atoms with Gasteiger partial charge in [0.15, 0.2) is 0 Å². The first-order chi connectivity index (χ1) is 9.65.